The van der Waals surface area contributed by atoms with Gasteiger partial charge in [-0.05, 0) is 41.7 Å². The van der Waals surface area contributed by atoms with Gasteiger partial charge in [0, 0.05) is 25.2 Å². The predicted molar refractivity (Wildman–Crippen MR) is 92.9 cm³/mol. The van der Waals surface area contributed by atoms with Crippen LogP contribution in [0.25, 0.3) is 0 Å². The molecule has 0 aromatic heterocycles. The Hall–Kier alpha value is -2.89. The summed E-state index contributed by atoms with van der Waals surface area (Å²) in [4.78, 5) is 25.6. The highest BCUT2D eigenvalue weighted by atomic mass is 19.1. The highest BCUT2D eigenvalue weighted by molar-refractivity contribution is 5.95. The van der Waals surface area contributed by atoms with Crippen molar-refractivity contribution >= 4 is 23.3 Å². The van der Waals surface area contributed by atoms with E-state index in [9.17, 15) is 14.0 Å². The number of nitrogens with zero attached hydrogens (tertiary/aromatic N) is 1. The lowest BCUT2D eigenvalue weighted by atomic mass is 10.0. The molecule has 6 heteroatoms. The van der Waals surface area contributed by atoms with Crippen molar-refractivity contribution in [3.8, 4) is 0 Å². The third-order valence-electron chi connectivity index (χ3n) is 4.75. The molecule has 128 valence electrons. The van der Waals surface area contributed by atoms with Gasteiger partial charge in [0.15, 0.2) is 0 Å². The maximum Gasteiger partial charge on any atom is 0.322 e. The monoisotopic (exact) mass is 339 g/mol. The van der Waals surface area contributed by atoms with Crippen molar-refractivity contribution in [3.63, 3.8) is 0 Å². The fourth-order valence-electron chi connectivity index (χ4n) is 3.36. The van der Waals surface area contributed by atoms with E-state index >= 15 is 0 Å². The Bertz CT molecular complexity index is 866. The highest BCUT2D eigenvalue weighted by Crippen LogP contribution is 2.29. The maximum atomic E-state index is 14.3. The predicted octanol–water partition coefficient (Wildman–Crippen LogP) is 3.30. The van der Waals surface area contributed by atoms with Crippen molar-refractivity contribution < 1.29 is 14.0 Å². The van der Waals surface area contributed by atoms with E-state index in [0.717, 1.165) is 17.5 Å². The average Bonchev–Trinajstić information content (AvgIpc) is 2.62. The minimum Gasteiger partial charge on any atom is -0.326 e. The summed E-state index contributed by atoms with van der Waals surface area (Å²) in [5.74, 6) is -0.664. The number of nitrogens with one attached hydrogen (secondary N) is 2. The molecule has 0 bridgehead atoms. The lowest BCUT2D eigenvalue weighted by molar-refractivity contribution is -0.116. The molecule has 5 nitrogen and oxygen atoms in total. The van der Waals surface area contributed by atoms with Crippen LogP contribution in [0.1, 0.15) is 23.1 Å². The molecule has 2 aromatic rings. The highest BCUT2D eigenvalue weighted by Gasteiger charge is 2.23. The van der Waals surface area contributed by atoms with E-state index in [0.29, 0.717) is 31.6 Å². The van der Waals surface area contributed by atoms with Crippen LogP contribution < -0.4 is 10.6 Å². The third kappa shape index (κ3) is 3.07. The van der Waals surface area contributed by atoms with Crippen LogP contribution in [-0.4, -0.2) is 23.4 Å². The number of fused-ring (bicyclic) bond motifs is 2. The second kappa shape index (κ2) is 6.20. The van der Waals surface area contributed by atoms with Crippen LogP contribution in [-0.2, 0) is 24.2 Å². The van der Waals surface area contributed by atoms with E-state index in [4.69, 9.17) is 0 Å². The smallest absolute Gasteiger partial charge is 0.322 e. The van der Waals surface area contributed by atoms with E-state index in [2.05, 4.69) is 16.7 Å². The molecular formula is C19H18FN3O2. The van der Waals surface area contributed by atoms with Crippen molar-refractivity contribution in [2.45, 2.75) is 25.8 Å². The summed E-state index contributed by atoms with van der Waals surface area (Å²) in [5.41, 5.74) is 3.84. The van der Waals surface area contributed by atoms with Gasteiger partial charge in [0.25, 0.3) is 0 Å². The number of amides is 3. The molecule has 4 rings (SSSR count). The molecule has 3 amide bonds. The van der Waals surface area contributed by atoms with Crippen LogP contribution >= 0.6 is 0 Å². The van der Waals surface area contributed by atoms with E-state index < -0.39 is 5.82 Å². The first-order valence-electron chi connectivity index (χ1n) is 8.35. The van der Waals surface area contributed by atoms with Gasteiger partial charge in [0.2, 0.25) is 5.91 Å². The quantitative estimate of drug-likeness (QED) is 0.837. The number of hydrogen-bond acceptors (Lipinski definition) is 2. The minimum absolute atomic E-state index is 0.115. The number of rotatable bonds is 1. The van der Waals surface area contributed by atoms with Gasteiger partial charge in [0.1, 0.15) is 5.82 Å². The lowest BCUT2D eigenvalue weighted by Crippen LogP contribution is -2.39. The van der Waals surface area contributed by atoms with Gasteiger partial charge in [-0.1, -0.05) is 24.3 Å². The first-order valence-corrected chi connectivity index (χ1v) is 8.35. The summed E-state index contributed by atoms with van der Waals surface area (Å²) in [5, 5.41) is 5.32. The molecule has 0 unspecified atom stereocenters. The van der Waals surface area contributed by atoms with Gasteiger partial charge in [-0.2, -0.15) is 0 Å². The molecule has 2 aliphatic heterocycles. The van der Waals surface area contributed by atoms with Crippen molar-refractivity contribution in [1.82, 2.24) is 4.90 Å². The number of carbonyl (C=O) groups is 2. The molecule has 0 radical (unpaired) electrons. The molecule has 2 aromatic carbocycles. The Morgan fingerprint density at radius 1 is 1.08 bits per heavy atom. The summed E-state index contributed by atoms with van der Waals surface area (Å²) < 4.78 is 14.3. The Balaban J connectivity index is 1.51. The van der Waals surface area contributed by atoms with Crippen molar-refractivity contribution in [3.05, 3.63) is 58.9 Å². The molecule has 0 spiro atoms. The molecule has 2 aliphatic rings. The topological polar surface area (TPSA) is 61.4 Å². The second-order valence-electron chi connectivity index (χ2n) is 6.41. The summed E-state index contributed by atoms with van der Waals surface area (Å²) in [7, 11) is 0. The number of carbonyl (C=O) groups excluding carboxylic acids is 2. The molecule has 0 atom stereocenters. The normalized spacial score (nSPS) is 15.9. The van der Waals surface area contributed by atoms with Crippen LogP contribution in [0.5, 0.6) is 0 Å². The van der Waals surface area contributed by atoms with Crippen LogP contribution in [0, 0.1) is 5.82 Å². The van der Waals surface area contributed by atoms with Crippen LogP contribution in [0.15, 0.2) is 36.4 Å². The number of anilines is 2. The fraction of sp³-hybridized carbons (Fsp3) is 0.263. The van der Waals surface area contributed by atoms with Crippen molar-refractivity contribution in [2.75, 3.05) is 17.2 Å². The summed E-state index contributed by atoms with van der Waals surface area (Å²) in [6.45, 7) is 1.12. The van der Waals surface area contributed by atoms with E-state index in [1.54, 1.807) is 11.0 Å². The number of urea groups is 1. The Morgan fingerprint density at radius 3 is 2.72 bits per heavy atom. The van der Waals surface area contributed by atoms with Gasteiger partial charge in [-0.25, -0.2) is 9.18 Å². The zero-order valence-electron chi connectivity index (χ0n) is 13.6. The van der Waals surface area contributed by atoms with E-state index in [-0.39, 0.29) is 17.6 Å². The molecule has 0 aliphatic carbocycles. The Labute approximate surface area is 144 Å². The molecule has 0 fully saturated rings. The number of hydrogen-bond donors (Lipinski definition) is 2. The van der Waals surface area contributed by atoms with Crippen LogP contribution in [0.2, 0.25) is 0 Å². The van der Waals surface area contributed by atoms with Crippen molar-refractivity contribution in [1.29, 1.82) is 0 Å². The molecule has 25 heavy (non-hydrogen) atoms. The Morgan fingerprint density at radius 2 is 1.88 bits per heavy atom. The summed E-state index contributed by atoms with van der Waals surface area (Å²) >= 11 is 0. The van der Waals surface area contributed by atoms with Gasteiger partial charge in [0.05, 0.1) is 5.69 Å². The first kappa shape index (κ1) is 15.6. The summed E-state index contributed by atoms with van der Waals surface area (Å²) in [6.07, 6.45) is 1.71. The molecule has 2 heterocycles. The van der Waals surface area contributed by atoms with Gasteiger partial charge < -0.3 is 15.5 Å². The molecule has 2 N–H and O–H groups in total. The molecule has 0 saturated carbocycles. The SMILES string of the molecule is O=C1CCc2cc(NC(=O)N3CCc4ccccc4C3)c(F)cc2N1. The second-order valence-corrected chi connectivity index (χ2v) is 6.41. The summed E-state index contributed by atoms with van der Waals surface area (Å²) in [6, 6.07) is 10.6. The number of halogens is 1. The van der Waals surface area contributed by atoms with Gasteiger partial charge in [-0.15, -0.1) is 0 Å². The van der Waals surface area contributed by atoms with Crippen LogP contribution in [0.4, 0.5) is 20.6 Å². The first-order chi connectivity index (χ1) is 12.1. The Kier molecular flexibility index (Phi) is 3.87. The van der Waals surface area contributed by atoms with Gasteiger partial charge in [-0.3, -0.25) is 4.79 Å². The average molecular weight is 339 g/mol. The zero-order valence-corrected chi connectivity index (χ0v) is 13.6. The van der Waals surface area contributed by atoms with Crippen molar-refractivity contribution in [2.24, 2.45) is 0 Å². The van der Waals surface area contributed by atoms with E-state index in [1.807, 2.05) is 18.2 Å². The fourth-order valence-corrected chi connectivity index (χ4v) is 3.36. The van der Waals surface area contributed by atoms with Gasteiger partial charge >= 0.3 is 6.03 Å². The zero-order chi connectivity index (χ0) is 17.4. The van der Waals surface area contributed by atoms with E-state index in [1.165, 1.54) is 11.6 Å². The maximum absolute atomic E-state index is 14.3. The third-order valence-corrected chi connectivity index (χ3v) is 4.75. The largest absolute Gasteiger partial charge is 0.326 e. The minimum atomic E-state index is -0.549. The van der Waals surface area contributed by atoms with Crippen LogP contribution in [0.3, 0.4) is 0 Å². The number of benzene rings is 2. The molecular weight excluding hydrogens is 321 g/mol. The standard InChI is InChI=1S/C19H18FN3O2/c20-15-10-16-13(5-6-18(24)21-16)9-17(15)22-19(25)23-8-7-12-3-1-2-4-14(12)11-23/h1-4,9-10H,5-8,11H2,(H,21,24)(H,22,25). The lowest BCUT2D eigenvalue weighted by Gasteiger charge is -2.29. The molecule has 0 saturated heterocycles. The number of aryl methyl sites for hydroxylation is 1.